The molecule has 0 bridgehead atoms. The van der Waals surface area contributed by atoms with Crippen LogP contribution in [-0.2, 0) is 4.79 Å². The summed E-state index contributed by atoms with van der Waals surface area (Å²) < 4.78 is 23.2. The number of anilines is 1. The van der Waals surface area contributed by atoms with E-state index in [1.807, 2.05) is 24.3 Å². The number of fused-ring (bicyclic) bond motifs is 1. The summed E-state index contributed by atoms with van der Waals surface area (Å²) in [5.74, 6) is 0.285. The summed E-state index contributed by atoms with van der Waals surface area (Å²) in [6, 6.07) is 16.2. The molecular formula is C36H42FN9O2. The number of carbonyl (C=O) groups is 1. The highest BCUT2D eigenvalue weighted by Gasteiger charge is 2.34. The van der Waals surface area contributed by atoms with Crippen LogP contribution >= 0.6 is 0 Å². The Bertz CT molecular complexity index is 1860. The predicted octanol–water partition coefficient (Wildman–Crippen LogP) is 5.42. The molecule has 1 amide bonds. The van der Waals surface area contributed by atoms with Gasteiger partial charge in [-0.1, -0.05) is 18.2 Å². The average Bonchev–Trinajstić information content (AvgIpc) is 3.48. The Labute approximate surface area is 280 Å². The fourth-order valence-corrected chi connectivity index (χ4v) is 6.72. The minimum absolute atomic E-state index is 0.129. The number of nitrogen functional groups attached to an aromatic ring is 1. The first kappa shape index (κ1) is 33.1. The van der Waals surface area contributed by atoms with Crippen molar-refractivity contribution in [2.45, 2.75) is 58.2 Å². The van der Waals surface area contributed by atoms with Gasteiger partial charge in [0.1, 0.15) is 46.8 Å². The topological polar surface area (TPSA) is 129 Å². The number of piperidine rings is 1. The number of rotatable bonds is 8. The van der Waals surface area contributed by atoms with E-state index in [0.717, 1.165) is 26.2 Å². The van der Waals surface area contributed by atoms with Gasteiger partial charge in [0.15, 0.2) is 5.65 Å². The van der Waals surface area contributed by atoms with Crippen molar-refractivity contribution in [2.75, 3.05) is 45.0 Å². The minimum Gasteiger partial charge on any atom is -0.457 e. The fourth-order valence-electron chi connectivity index (χ4n) is 6.72. The number of hydrogen-bond donors (Lipinski definition) is 1. The molecule has 1 atom stereocenters. The molecule has 0 spiro atoms. The summed E-state index contributed by atoms with van der Waals surface area (Å²) >= 11 is 0. The summed E-state index contributed by atoms with van der Waals surface area (Å²) in [5, 5.41) is 15.4. The van der Waals surface area contributed by atoms with Crippen LogP contribution in [-0.4, -0.2) is 91.2 Å². The number of halogens is 1. The van der Waals surface area contributed by atoms with E-state index in [0.29, 0.717) is 60.2 Å². The van der Waals surface area contributed by atoms with Crippen LogP contribution in [0.5, 0.6) is 11.5 Å². The third-order valence-corrected chi connectivity index (χ3v) is 9.43. The summed E-state index contributed by atoms with van der Waals surface area (Å²) in [5.41, 5.74) is 6.99. The molecule has 2 N–H and O–H groups in total. The monoisotopic (exact) mass is 651 g/mol. The normalized spacial score (nSPS) is 18.3. The molecule has 0 unspecified atom stereocenters. The van der Waals surface area contributed by atoms with E-state index in [9.17, 15) is 10.1 Å². The summed E-state index contributed by atoms with van der Waals surface area (Å²) in [7, 11) is 0. The van der Waals surface area contributed by atoms with Crippen LogP contribution in [0.3, 0.4) is 0 Å². The van der Waals surface area contributed by atoms with E-state index < -0.39 is 11.4 Å². The van der Waals surface area contributed by atoms with E-state index >= 15 is 4.39 Å². The lowest BCUT2D eigenvalue weighted by atomic mass is 9.96. The molecule has 2 saturated heterocycles. The Balaban J connectivity index is 1.25. The van der Waals surface area contributed by atoms with E-state index in [1.165, 1.54) is 12.4 Å². The number of likely N-dealkylation sites (tertiary alicyclic amines) is 1. The highest BCUT2D eigenvalue weighted by atomic mass is 19.1. The minimum atomic E-state index is -0.532. The molecule has 4 heterocycles. The first-order valence-electron chi connectivity index (χ1n) is 16.5. The lowest BCUT2D eigenvalue weighted by molar-refractivity contribution is -0.128. The molecule has 2 fully saturated rings. The van der Waals surface area contributed by atoms with Crippen molar-refractivity contribution in [3.63, 3.8) is 0 Å². The largest absolute Gasteiger partial charge is 0.457 e. The number of benzene rings is 2. The molecule has 2 aliphatic heterocycles. The SMILES string of the molecule is CC(C)N1CCN(C(C)(C)/C=C(/C#N)C(=O)N2CCC[C@H](n3nc(-c4ccc(Oc5ccccc5)cc4F)c4c(N)ncnc43)C2)CC1. The third kappa shape index (κ3) is 6.74. The molecule has 4 aromatic rings. The van der Waals surface area contributed by atoms with Crippen LogP contribution < -0.4 is 10.5 Å². The molecule has 2 aromatic carbocycles. The van der Waals surface area contributed by atoms with Crippen molar-refractivity contribution in [3.05, 3.63) is 72.3 Å². The zero-order valence-electron chi connectivity index (χ0n) is 27.9. The van der Waals surface area contributed by atoms with Crippen molar-refractivity contribution in [3.8, 4) is 28.8 Å². The van der Waals surface area contributed by atoms with Gasteiger partial charge in [-0.2, -0.15) is 10.4 Å². The lowest BCUT2D eigenvalue weighted by Crippen LogP contribution is -2.55. The van der Waals surface area contributed by atoms with E-state index in [2.05, 4.69) is 53.5 Å². The van der Waals surface area contributed by atoms with Crippen LogP contribution in [0.15, 0.2) is 66.5 Å². The summed E-state index contributed by atoms with van der Waals surface area (Å²) in [4.78, 5) is 29.0. The van der Waals surface area contributed by atoms with Crippen LogP contribution in [0.25, 0.3) is 22.3 Å². The zero-order valence-corrected chi connectivity index (χ0v) is 27.9. The highest BCUT2D eigenvalue weighted by molar-refractivity contribution is 5.99. The molecular weight excluding hydrogens is 609 g/mol. The molecule has 250 valence electrons. The number of nitriles is 1. The van der Waals surface area contributed by atoms with E-state index in [4.69, 9.17) is 15.6 Å². The average molecular weight is 652 g/mol. The first-order valence-corrected chi connectivity index (χ1v) is 16.5. The quantitative estimate of drug-likeness (QED) is 0.196. The molecule has 48 heavy (non-hydrogen) atoms. The Kier molecular flexibility index (Phi) is 9.44. The Morgan fingerprint density at radius 3 is 2.52 bits per heavy atom. The number of carbonyl (C=O) groups excluding carboxylic acids is 1. The maximum Gasteiger partial charge on any atom is 0.264 e. The Hall–Kier alpha value is -4.86. The van der Waals surface area contributed by atoms with Gasteiger partial charge in [-0.05, 0) is 70.9 Å². The van der Waals surface area contributed by atoms with Gasteiger partial charge in [-0.25, -0.2) is 19.0 Å². The number of ether oxygens (including phenoxy) is 1. The molecule has 11 nitrogen and oxygen atoms in total. The third-order valence-electron chi connectivity index (χ3n) is 9.43. The molecule has 2 aromatic heterocycles. The van der Waals surface area contributed by atoms with Gasteiger partial charge in [-0.15, -0.1) is 0 Å². The highest BCUT2D eigenvalue weighted by Crippen LogP contribution is 2.36. The smallest absolute Gasteiger partial charge is 0.264 e. The number of hydrogen-bond acceptors (Lipinski definition) is 9. The Morgan fingerprint density at radius 1 is 1.08 bits per heavy atom. The van der Waals surface area contributed by atoms with Crippen molar-refractivity contribution < 1.29 is 13.9 Å². The van der Waals surface area contributed by atoms with Crippen molar-refractivity contribution in [2.24, 2.45) is 0 Å². The Morgan fingerprint density at radius 2 is 1.83 bits per heavy atom. The van der Waals surface area contributed by atoms with Gasteiger partial charge in [0, 0.05) is 62.5 Å². The zero-order chi connectivity index (χ0) is 34.0. The van der Waals surface area contributed by atoms with E-state index in [-0.39, 0.29) is 28.9 Å². The second-order valence-corrected chi connectivity index (χ2v) is 13.3. The van der Waals surface area contributed by atoms with Crippen LogP contribution in [0.4, 0.5) is 10.2 Å². The van der Waals surface area contributed by atoms with Gasteiger partial charge in [-0.3, -0.25) is 14.6 Å². The number of aromatic nitrogens is 4. The van der Waals surface area contributed by atoms with Gasteiger partial charge in [0.2, 0.25) is 0 Å². The molecule has 6 rings (SSSR count). The molecule has 0 saturated carbocycles. The van der Waals surface area contributed by atoms with Gasteiger partial charge >= 0.3 is 0 Å². The second kappa shape index (κ2) is 13.7. The van der Waals surface area contributed by atoms with Gasteiger partial charge in [0.05, 0.1) is 11.4 Å². The maximum atomic E-state index is 15.7. The van der Waals surface area contributed by atoms with Crippen LogP contribution in [0.1, 0.15) is 46.6 Å². The van der Waals surface area contributed by atoms with Gasteiger partial charge < -0.3 is 15.4 Å². The van der Waals surface area contributed by atoms with Crippen molar-refractivity contribution in [1.82, 2.24) is 34.4 Å². The molecule has 0 aliphatic carbocycles. The fraction of sp³-hybridized carbons (Fsp3) is 0.417. The molecule has 0 radical (unpaired) electrons. The van der Waals surface area contributed by atoms with Gasteiger partial charge in [0.25, 0.3) is 5.91 Å². The van der Waals surface area contributed by atoms with Crippen LogP contribution in [0.2, 0.25) is 0 Å². The van der Waals surface area contributed by atoms with Crippen LogP contribution in [0, 0.1) is 17.1 Å². The predicted molar refractivity (Wildman–Crippen MR) is 183 cm³/mol. The maximum absolute atomic E-state index is 15.7. The molecule has 12 heteroatoms. The number of piperazine rings is 1. The number of nitrogens with two attached hydrogens (primary N) is 1. The lowest BCUT2D eigenvalue weighted by Gasteiger charge is -2.44. The summed E-state index contributed by atoms with van der Waals surface area (Å²) in [6.45, 7) is 13.0. The summed E-state index contributed by atoms with van der Waals surface area (Å²) in [6.07, 6.45) is 4.59. The van der Waals surface area contributed by atoms with E-state index in [1.54, 1.807) is 33.8 Å². The number of para-hydroxylation sites is 1. The standard InChI is InChI=1S/C36H42FN9O2/c1-24(2)43-15-17-45(18-16-43)36(3,4)20-25(21-38)35(47)44-14-8-9-26(22-44)46-34-31(33(39)40-23-41-34)32(42-46)29-13-12-28(19-30(29)37)48-27-10-6-5-7-11-27/h5-7,10-13,19-20,23-24,26H,8-9,14-18,22H2,1-4H3,(H2,39,40,41)/b25-20-/t26-/m0/s1. The molecule has 2 aliphatic rings. The number of nitrogens with zero attached hydrogens (tertiary/aromatic N) is 8. The second-order valence-electron chi connectivity index (χ2n) is 13.3. The van der Waals surface area contributed by atoms with Crippen molar-refractivity contribution in [1.29, 1.82) is 5.26 Å². The first-order chi connectivity index (χ1) is 23.1. The number of amides is 1. The van der Waals surface area contributed by atoms with Crippen molar-refractivity contribution >= 4 is 22.8 Å².